The second kappa shape index (κ2) is 10.9. The molecule has 0 saturated heterocycles. The van der Waals surface area contributed by atoms with Gasteiger partial charge >= 0.3 is 5.63 Å². The van der Waals surface area contributed by atoms with Gasteiger partial charge in [-0.15, -0.1) is 10.2 Å². The standard InChI is InChI=1S/C22H22N6O7S/c1-32-13-5-3-6-14(33-2)17(13)12-11-15(35-20(31)18(12)34-10-4-9-29)19(30)25-21-26-27-22(36-21)28-16(23)7-8-24-28/h3,5-8,11,29H,4,9-10,23H2,1-2H3,(H,25,26,30). The highest BCUT2D eigenvalue weighted by molar-refractivity contribution is 7.17. The number of hydrogen-bond acceptors (Lipinski definition) is 12. The van der Waals surface area contributed by atoms with Crippen LogP contribution in [0.2, 0.25) is 0 Å². The van der Waals surface area contributed by atoms with Crippen LogP contribution >= 0.6 is 11.3 Å². The number of nitrogens with two attached hydrogens (primary N) is 1. The molecule has 0 saturated carbocycles. The quantitative estimate of drug-likeness (QED) is 0.264. The van der Waals surface area contributed by atoms with Crippen molar-refractivity contribution >= 4 is 28.2 Å². The first-order valence-electron chi connectivity index (χ1n) is 10.5. The molecule has 0 bridgehead atoms. The molecule has 0 atom stereocenters. The molecular weight excluding hydrogens is 492 g/mol. The molecule has 14 heteroatoms. The molecule has 0 fully saturated rings. The van der Waals surface area contributed by atoms with Crippen LogP contribution in [0.15, 0.2) is 45.7 Å². The number of nitrogens with zero attached hydrogens (tertiary/aromatic N) is 4. The number of nitrogen functional groups attached to an aromatic ring is 1. The van der Waals surface area contributed by atoms with E-state index in [1.165, 1.54) is 31.2 Å². The Kier molecular flexibility index (Phi) is 7.46. The lowest BCUT2D eigenvalue weighted by molar-refractivity contribution is 0.0991. The fourth-order valence-electron chi connectivity index (χ4n) is 3.26. The molecule has 1 aromatic carbocycles. The van der Waals surface area contributed by atoms with Crippen molar-refractivity contribution in [3.05, 3.63) is 52.7 Å². The lowest BCUT2D eigenvalue weighted by atomic mass is 10.0. The third-order valence-corrected chi connectivity index (χ3v) is 5.68. The molecule has 0 aliphatic heterocycles. The maximum Gasteiger partial charge on any atom is 0.379 e. The van der Waals surface area contributed by atoms with Crippen molar-refractivity contribution < 1.29 is 28.5 Å². The van der Waals surface area contributed by atoms with E-state index in [-0.39, 0.29) is 41.8 Å². The summed E-state index contributed by atoms with van der Waals surface area (Å²) in [6.07, 6.45) is 1.78. The number of benzene rings is 1. The Balaban J connectivity index is 1.73. The van der Waals surface area contributed by atoms with Crippen molar-refractivity contribution in [2.45, 2.75) is 6.42 Å². The van der Waals surface area contributed by atoms with E-state index >= 15 is 0 Å². The lowest BCUT2D eigenvalue weighted by Crippen LogP contribution is -2.17. The van der Waals surface area contributed by atoms with Crippen LogP contribution < -0.4 is 30.9 Å². The smallest absolute Gasteiger partial charge is 0.379 e. The van der Waals surface area contributed by atoms with Gasteiger partial charge in [-0.3, -0.25) is 10.1 Å². The Hall–Kier alpha value is -4.43. The number of carbonyl (C=O) groups is 1. The summed E-state index contributed by atoms with van der Waals surface area (Å²) in [5.74, 6) is -0.113. The Labute approximate surface area is 208 Å². The van der Waals surface area contributed by atoms with Gasteiger partial charge in [-0.2, -0.15) is 9.78 Å². The fraction of sp³-hybridized carbons (Fsp3) is 0.227. The first-order chi connectivity index (χ1) is 17.5. The number of hydrogen-bond donors (Lipinski definition) is 3. The Morgan fingerprint density at radius 3 is 2.61 bits per heavy atom. The van der Waals surface area contributed by atoms with E-state index in [9.17, 15) is 9.59 Å². The highest BCUT2D eigenvalue weighted by Gasteiger charge is 2.24. The van der Waals surface area contributed by atoms with E-state index in [0.717, 1.165) is 11.3 Å². The Morgan fingerprint density at radius 2 is 1.97 bits per heavy atom. The number of methoxy groups -OCH3 is 2. The van der Waals surface area contributed by atoms with Crippen LogP contribution in [-0.4, -0.2) is 58.4 Å². The first-order valence-corrected chi connectivity index (χ1v) is 11.4. The molecule has 0 radical (unpaired) electrons. The Bertz CT molecular complexity index is 1410. The summed E-state index contributed by atoms with van der Waals surface area (Å²) in [4.78, 5) is 25.9. The van der Waals surface area contributed by atoms with Crippen LogP contribution in [-0.2, 0) is 0 Å². The predicted molar refractivity (Wildman–Crippen MR) is 130 cm³/mol. The SMILES string of the molecule is COc1cccc(OC)c1-c1cc(C(=O)Nc2nnc(-n3nccc3N)s2)oc(=O)c1OCCCO. The summed E-state index contributed by atoms with van der Waals surface area (Å²) in [5, 5.41) is 24.0. The van der Waals surface area contributed by atoms with Gasteiger partial charge in [0.15, 0.2) is 5.76 Å². The van der Waals surface area contributed by atoms with E-state index in [1.54, 1.807) is 24.3 Å². The number of aromatic nitrogens is 4. The number of rotatable bonds is 10. The summed E-state index contributed by atoms with van der Waals surface area (Å²) in [6, 6.07) is 8.00. The summed E-state index contributed by atoms with van der Waals surface area (Å²) >= 11 is 1.02. The number of ether oxygens (including phenoxy) is 3. The Morgan fingerprint density at radius 1 is 1.22 bits per heavy atom. The van der Waals surface area contributed by atoms with Crippen molar-refractivity contribution in [2.75, 3.05) is 38.5 Å². The van der Waals surface area contributed by atoms with Crippen LogP contribution in [0.5, 0.6) is 17.2 Å². The van der Waals surface area contributed by atoms with E-state index in [0.29, 0.717) is 28.0 Å². The normalized spacial score (nSPS) is 10.8. The largest absolute Gasteiger partial charge is 0.496 e. The zero-order chi connectivity index (χ0) is 25.7. The third kappa shape index (κ3) is 4.99. The summed E-state index contributed by atoms with van der Waals surface area (Å²) in [7, 11) is 2.92. The van der Waals surface area contributed by atoms with E-state index in [2.05, 4.69) is 20.6 Å². The van der Waals surface area contributed by atoms with E-state index < -0.39 is 11.5 Å². The molecular formula is C22H22N6O7S. The topological polar surface area (TPSA) is 177 Å². The number of amides is 1. The summed E-state index contributed by atoms with van der Waals surface area (Å²) in [6.45, 7) is -0.0887. The van der Waals surface area contributed by atoms with Crippen molar-refractivity contribution in [2.24, 2.45) is 0 Å². The summed E-state index contributed by atoms with van der Waals surface area (Å²) < 4.78 is 23.2. The molecule has 3 heterocycles. The number of nitrogens with one attached hydrogen (secondary N) is 1. The highest BCUT2D eigenvalue weighted by atomic mass is 32.1. The van der Waals surface area contributed by atoms with Gasteiger partial charge in [0.2, 0.25) is 16.0 Å². The predicted octanol–water partition coefficient (Wildman–Crippen LogP) is 1.96. The van der Waals surface area contributed by atoms with E-state index in [1.807, 2.05) is 0 Å². The molecule has 1 amide bonds. The first kappa shape index (κ1) is 24.7. The van der Waals surface area contributed by atoms with Gasteiger partial charge in [0.05, 0.1) is 32.6 Å². The van der Waals surface area contributed by atoms with Crippen molar-refractivity contribution in [1.82, 2.24) is 20.0 Å². The van der Waals surface area contributed by atoms with Gasteiger partial charge in [0.1, 0.15) is 17.3 Å². The second-order valence-electron chi connectivity index (χ2n) is 7.12. The molecule has 188 valence electrons. The molecule has 4 aromatic rings. The third-order valence-electron chi connectivity index (χ3n) is 4.87. The molecule has 13 nitrogen and oxygen atoms in total. The molecule has 0 aliphatic rings. The van der Waals surface area contributed by atoms with Crippen LogP contribution in [0.3, 0.4) is 0 Å². The van der Waals surface area contributed by atoms with E-state index in [4.69, 9.17) is 29.5 Å². The van der Waals surface area contributed by atoms with Crippen LogP contribution in [0.25, 0.3) is 16.3 Å². The minimum absolute atomic E-state index is 0.0430. The maximum atomic E-state index is 13.0. The molecule has 0 spiro atoms. The second-order valence-corrected chi connectivity index (χ2v) is 8.07. The van der Waals surface area contributed by atoms with Gasteiger partial charge in [-0.1, -0.05) is 17.4 Å². The van der Waals surface area contributed by atoms with Crippen molar-refractivity contribution in [3.63, 3.8) is 0 Å². The zero-order valence-corrected chi connectivity index (χ0v) is 20.1. The minimum Gasteiger partial charge on any atom is -0.496 e. The minimum atomic E-state index is -0.897. The van der Waals surface area contributed by atoms with Gasteiger partial charge in [0, 0.05) is 24.7 Å². The maximum absolute atomic E-state index is 13.0. The average molecular weight is 515 g/mol. The number of aliphatic hydroxyl groups is 1. The molecule has 4 rings (SSSR count). The lowest BCUT2D eigenvalue weighted by Gasteiger charge is -2.16. The monoisotopic (exact) mass is 514 g/mol. The van der Waals surface area contributed by atoms with Gasteiger partial charge in [-0.25, -0.2) is 4.79 Å². The highest BCUT2D eigenvalue weighted by Crippen LogP contribution is 2.42. The number of anilines is 2. The van der Waals surface area contributed by atoms with Gasteiger partial charge in [0.25, 0.3) is 5.91 Å². The van der Waals surface area contributed by atoms with Crippen LogP contribution in [0.4, 0.5) is 10.9 Å². The van der Waals surface area contributed by atoms with Crippen molar-refractivity contribution in [1.29, 1.82) is 0 Å². The van der Waals surface area contributed by atoms with Gasteiger partial charge in [-0.05, 0) is 18.2 Å². The molecule has 3 aromatic heterocycles. The molecule has 36 heavy (non-hydrogen) atoms. The molecule has 4 N–H and O–H groups in total. The number of aliphatic hydroxyl groups excluding tert-OH is 1. The number of carbonyl (C=O) groups excluding carboxylic acids is 1. The summed E-state index contributed by atoms with van der Waals surface area (Å²) in [5.41, 5.74) is 5.53. The fourth-order valence-corrected chi connectivity index (χ4v) is 3.97. The molecule has 0 unspecified atom stereocenters. The molecule has 0 aliphatic carbocycles. The van der Waals surface area contributed by atoms with Gasteiger partial charge < -0.3 is 29.5 Å². The van der Waals surface area contributed by atoms with Crippen LogP contribution in [0.1, 0.15) is 17.0 Å². The van der Waals surface area contributed by atoms with Crippen molar-refractivity contribution in [3.8, 4) is 33.5 Å². The zero-order valence-electron chi connectivity index (χ0n) is 19.3. The van der Waals surface area contributed by atoms with Crippen LogP contribution in [0, 0.1) is 0 Å². The average Bonchev–Trinajstić information content (AvgIpc) is 3.52.